The molecule has 0 aromatic heterocycles. The van der Waals surface area contributed by atoms with Crippen LogP contribution < -0.4 is 4.90 Å². The van der Waals surface area contributed by atoms with E-state index in [-0.39, 0.29) is 5.41 Å². The average Bonchev–Trinajstić information content (AvgIpc) is 3.84. The first-order valence-corrected chi connectivity index (χ1v) is 21.2. The Bertz CT molecular complexity index is 2770. The summed E-state index contributed by atoms with van der Waals surface area (Å²) in [6.45, 7) is 7.14. The monoisotopic (exact) mass is 735 g/mol. The summed E-state index contributed by atoms with van der Waals surface area (Å²) in [5, 5.41) is 2.74. The molecule has 1 nitrogen and oxygen atoms in total. The van der Waals surface area contributed by atoms with Crippen LogP contribution in [0.15, 0.2) is 164 Å². The van der Waals surface area contributed by atoms with E-state index in [1.165, 1.54) is 121 Å². The summed E-state index contributed by atoms with van der Waals surface area (Å²) in [7, 11) is 0. The second-order valence-corrected chi connectivity index (χ2v) is 17.5. The molecule has 57 heavy (non-hydrogen) atoms. The number of nitrogens with zero attached hydrogens (tertiary/aromatic N) is 1. The van der Waals surface area contributed by atoms with Gasteiger partial charge in [0, 0.05) is 28.1 Å². The lowest BCUT2D eigenvalue weighted by molar-refractivity contribution is 0.445. The van der Waals surface area contributed by atoms with E-state index in [4.69, 9.17) is 0 Å². The van der Waals surface area contributed by atoms with Crippen molar-refractivity contribution in [3.8, 4) is 44.5 Å². The summed E-state index contributed by atoms with van der Waals surface area (Å²) in [6.07, 6.45) is 15.6. The summed E-state index contributed by atoms with van der Waals surface area (Å²) in [4.78, 5) is 2.54. The molecule has 0 bridgehead atoms. The zero-order chi connectivity index (χ0) is 38.3. The lowest BCUT2D eigenvalue weighted by atomic mass is 9.80. The van der Waals surface area contributed by atoms with Gasteiger partial charge in [-0.05, 0) is 134 Å². The summed E-state index contributed by atoms with van der Waals surface area (Å²) in [5.41, 5.74) is 20.1. The summed E-state index contributed by atoms with van der Waals surface area (Å²) < 4.78 is 0. The van der Waals surface area contributed by atoms with Crippen LogP contribution in [0.5, 0.6) is 0 Å². The zero-order valence-corrected chi connectivity index (χ0v) is 33.3. The van der Waals surface area contributed by atoms with Gasteiger partial charge in [-0.15, -0.1) is 0 Å². The molecule has 0 heterocycles. The van der Waals surface area contributed by atoms with Gasteiger partial charge in [-0.3, -0.25) is 0 Å². The molecule has 0 aliphatic heterocycles. The molecule has 0 amide bonds. The second-order valence-electron chi connectivity index (χ2n) is 17.5. The Labute approximate surface area is 338 Å². The topological polar surface area (TPSA) is 3.24 Å². The van der Waals surface area contributed by atoms with E-state index in [1.54, 1.807) is 0 Å². The van der Waals surface area contributed by atoms with E-state index >= 15 is 0 Å². The van der Waals surface area contributed by atoms with Crippen molar-refractivity contribution >= 4 is 27.8 Å². The average molecular weight is 736 g/mol. The molecule has 1 heteroatoms. The predicted octanol–water partition coefficient (Wildman–Crippen LogP) is 15.8. The molecule has 0 spiro atoms. The fraction of sp³-hybridized carbons (Fsp3) is 0.214. The van der Waals surface area contributed by atoms with Gasteiger partial charge in [0.05, 0.1) is 11.4 Å². The van der Waals surface area contributed by atoms with Crippen LogP contribution in [0.1, 0.15) is 87.0 Å². The Balaban J connectivity index is 1.10. The van der Waals surface area contributed by atoms with Crippen LogP contribution in [0, 0.1) is 5.92 Å². The third kappa shape index (κ3) is 5.58. The van der Waals surface area contributed by atoms with Crippen molar-refractivity contribution in [1.82, 2.24) is 0 Å². The second kappa shape index (κ2) is 13.3. The fourth-order valence-corrected chi connectivity index (χ4v) is 10.9. The van der Waals surface area contributed by atoms with Crippen LogP contribution in [0.25, 0.3) is 55.3 Å². The van der Waals surface area contributed by atoms with E-state index in [2.05, 4.69) is 190 Å². The van der Waals surface area contributed by atoms with Gasteiger partial charge in [0.1, 0.15) is 0 Å². The lowest BCUT2D eigenvalue weighted by Gasteiger charge is -2.31. The highest BCUT2D eigenvalue weighted by atomic mass is 15.1. The molecule has 6 aromatic carbocycles. The van der Waals surface area contributed by atoms with Crippen LogP contribution in [0.2, 0.25) is 0 Å². The summed E-state index contributed by atoms with van der Waals surface area (Å²) in [5.74, 6) is 1.43. The molecule has 278 valence electrons. The van der Waals surface area contributed by atoms with Gasteiger partial charge in [-0.1, -0.05) is 161 Å². The first-order valence-electron chi connectivity index (χ1n) is 21.2. The quantitative estimate of drug-likeness (QED) is 0.158. The van der Waals surface area contributed by atoms with Crippen LogP contribution >= 0.6 is 0 Å². The smallest absolute Gasteiger partial charge is 0.0540 e. The van der Waals surface area contributed by atoms with Crippen molar-refractivity contribution in [2.45, 2.75) is 70.1 Å². The number of allylic oxidation sites excluding steroid dienone is 4. The highest BCUT2D eigenvalue weighted by Crippen LogP contribution is 2.59. The number of hydrogen-bond acceptors (Lipinski definition) is 1. The van der Waals surface area contributed by atoms with Gasteiger partial charge >= 0.3 is 0 Å². The first kappa shape index (κ1) is 34.3. The summed E-state index contributed by atoms with van der Waals surface area (Å²) >= 11 is 0. The SMILES string of the molecule is CC1C=CC=CC1c1ccc(N(c2ccccc2-c2ccc3c(c2)C(C)(C)c2c4cc-4cc2-3)c2ccccc2-c2cccc3cccc(C4CCCCC4)c23)cc1. The number of fused-ring (bicyclic) bond motifs is 6. The predicted molar refractivity (Wildman–Crippen MR) is 242 cm³/mol. The third-order valence-corrected chi connectivity index (χ3v) is 13.8. The van der Waals surface area contributed by atoms with Gasteiger partial charge in [-0.2, -0.15) is 0 Å². The molecule has 0 radical (unpaired) electrons. The fourth-order valence-electron chi connectivity index (χ4n) is 10.9. The minimum absolute atomic E-state index is 0.0391. The van der Waals surface area contributed by atoms with Crippen molar-refractivity contribution in [1.29, 1.82) is 0 Å². The molecule has 5 aliphatic rings. The molecule has 11 rings (SSSR count). The number of hydrogen-bond donors (Lipinski definition) is 0. The Kier molecular flexibility index (Phi) is 8.04. The van der Waals surface area contributed by atoms with Gasteiger partial charge < -0.3 is 4.90 Å². The molecule has 5 aliphatic carbocycles. The maximum absolute atomic E-state index is 2.54. The summed E-state index contributed by atoms with van der Waals surface area (Å²) in [6, 6.07) is 53.6. The normalized spacial score (nSPS) is 18.7. The van der Waals surface area contributed by atoms with E-state index in [1.807, 2.05) is 0 Å². The van der Waals surface area contributed by atoms with Crippen molar-refractivity contribution < 1.29 is 0 Å². The maximum atomic E-state index is 2.54. The van der Waals surface area contributed by atoms with E-state index in [9.17, 15) is 0 Å². The van der Waals surface area contributed by atoms with Crippen molar-refractivity contribution in [2.75, 3.05) is 4.90 Å². The van der Waals surface area contributed by atoms with Crippen molar-refractivity contribution in [3.05, 3.63) is 186 Å². The number of anilines is 3. The lowest BCUT2D eigenvalue weighted by Crippen LogP contribution is -2.15. The Hall–Kier alpha value is -5.92. The maximum Gasteiger partial charge on any atom is 0.0540 e. The number of para-hydroxylation sites is 2. The standard InChI is InChI=1S/C56H49N/c1-36-15-7-8-20-43(36)38-27-30-42(31-28-38)57(52-25-11-9-21-44(52)40-29-32-46-50-34-41-33-49(41)55(50)56(2,3)51(46)35-40)53-26-12-10-22-47(53)48-24-14-19-39-18-13-23-45(54(39)48)37-16-5-4-6-17-37/h7-15,18-37,43H,4-6,16-17H2,1-3H3. The first-order chi connectivity index (χ1) is 28.0. The highest BCUT2D eigenvalue weighted by molar-refractivity contribution is 6.05. The van der Waals surface area contributed by atoms with Crippen LogP contribution in [-0.2, 0) is 5.41 Å². The molecule has 0 saturated heterocycles. The van der Waals surface area contributed by atoms with Gasteiger partial charge in [0.15, 0.2) is 0 Å². The third-order valence-electron chi connectivity index (χ3n) is 13.8. The molecule has 2 atom stereocenters. The van der Waals surface area contributed by atoms with Crippen LogP contribution in [-0.4, -0.2) is 0 Å². The molecule has 0 N–H and O–H groups in total. The van der Waals surface area contributed by atoms with Crippen LogP contribution in [0.3, 0.4) is 0 Å². The van der Waals surface area contributed by atoms with E-state index in [0.717, 1.165) is 5.69 Å². The van der Waals surface area contributed by atoms with E-state index in [0.29, 0.717) is 17.8 Å². The molecular formula is C56H49N. The minimum atomic E-state index is -0.0391. The van der Waals surface area contributed by atoms with Gasteiger partial charge in [-0.25, -0.2) is 0 Å². The highest BCUT2D eigenvalue weighted by Gasteiger charge is 2.42. The Morgan fingerprint density at radius 1 is 0.544 bits per heavy atom. The number of rotatable bonds is 7. The zero-order valence-electron chi connectivity index (χ0n) is 33.3. The van der Waals surface area contributed by atoms with Gasteiger partial charge in [0.25, 0.3) is 0 Å². The van der Waals surface area contributed by atoms with Crippen LogP contribution in [0.4, 0.5) is 17.1 Å². The van der Waals surface area contributed by atoms with Gasteiger partial charge in [0.2, 0.25) is 0 Å². The molecule has 6 aromatic rings. The Morgan fingerprint density at radius 2 is 1.23 bits per heavy atom. The van der Waals surface area contributed by atoms with Crippen molar-refractivity contribution in [3.63, 3.8) is 0 Å². The molecule has 1 fully saturated rings. The molecular weight excluding hydrogens is 687 g/mol. The molecule has 1 saturated carbocycles. The number of benzene rings is 7. The van der Waals surface area contributed by atoms with E-state index < -0.39 is 0 Å². The Morgan fingerprint density at radius 3 is 2.02 bits per heavy atom. The van der Waals surface area contributed by atoms with Crippen molar-refractivity contribution in [2.24, 2.45) is 5.92 Å². The molecule has 2 unspecified atom stereocenters. The largest absolute Gasteiger partial charge is 0.309 e. The minimum Gasteiger partial charge on any atom is -0.309 e.